The third kappa shape index (κ3) is 3.07. The molecule has 0 aliphatic rings. The Morgan fingerprint density at radius 1 is 1.04 bits per heavy atom. The van der Waals surface area contributed by atoms with Crippen molar-refractivity contribution in [2.24, 2.45) is 0 Å². The zero-order valence-corrected chi connectivity index (χ0v) is 13.0. The number of pyridine rings is 1. The van der Waals surface area contributed by atoms with E-state index in [-0.39, 0.29) is 27.8 Å². The van der Waals surface area contributed by atoms with Crippen molar-refractivity contribution in [3.05, 3.63) is 65.0 Å². The summed E-state index contributed by atoms with van der Waals surface area (Å²) in [6.07, 6.45) is 0.934. The molecule has 0 unspecified atom stereocenters. The van der Waals surface area contributed by atoms with E-state index in [2.05, 4.69) is 4.98 Å². The van der Waals surface area contributed by atoms with Crippen LogP contribution in [0.5, 0.6) is 5.88 Å². The molecule has 0 amide bonds. The van der Waals surface area contributed by atoms with Crippen LogP contribution in [0, 0.1) is 22.9 Å². The highest BCUT2D eigenvalue weighted by molar-refractivity contribution is 7.98. The molecule has 1 heterocycles. The molecule has 0 saturated heterocycles. The van der Waals surface area contributed by atoms with Gasteiger partial charge in [0.25, 0.3) is 0 Å². The minimum atomic E-state index is -0.558. The first-order valence-electron chi connectivity index (χ1n) is 6.89. The fourth-order valence-corrected chi connectivity index (χ4v) is 3.31. The van der Waals surface area contributed by atoms with Crippen molar-refractivity contribution in [3.63, 3.8) is 0 Å². The minimum Gasteiger partial charge on any atom is -0.493 e. The lowest BCUT2D eigenvalue weighted by atomic mass is 10.1. The topological polar surface area (TPSA) is 57.0 Å². The number of hydrogen-bond donors (Lipinski definition) is 2. The van der Waals surface area contributed by atoms with Gasteiger partial charge in [0.2, 0.25) is 5.88 Å². The maximum absolute atomic E-state index is 13.7. The third-order valence-corrected chi connectivity index (χ3v) is 4.51. The molecule has 0 spiro atoms. The Balaban J connectivity index is 2.04. The maximum atomic E-state index is 13.7. The Kier molecular flexibility index (Phi) is 4.44. The van der Waals surface area contributed by atoms with Gasteiger partial charge in [0.15, 0.2) is 0 Å². The van der Waals surface area contributed by atoms with E-state index in [1.807, 2.05) is 0 Å². The summed E-state index contributed by atoms with van der Waals surface area (Å²) in [5, 5.41) is 18.4. The number of fused-ring (bicyclic) bond motifs is 1. The largest absolute Gasteiger partial charge is 0.493 e. The number of nitrogens with one attached hydrogen (secondary N) is 1. The monoisotopic (exact) mass is 348 g/mol. The molecule has 0 saturated carbocycles. The number of benzene rings is 2. The van der Waals surface area contributed by atoms with E-state index in [1.54, 1.807) is 0 Å². The Bertz CT molecular complexity index is 947. The lowest BCUT2D eigenvalue weighted by molar-refractivity contribution is 0.449. The molecule has 2 aromatic carbocycles. The van der Waals surface area contributed by atoms with Gasteiger partial charge in [-0.25, -0.2) is 18.2 Å². The molecule has 2 N–H and O–H groups in total. The van der Waals surface area contributed by atoms with Gasteiger partial charge in [-0.05, 0) is 35.7 Å². The van der Waals surface area contributed by atoms with E-state index in [0.717, 1.165) is 36.2 Å². The second kappa shape index (κ2) is 6.52. The van der Waals surface area contributed by atoms with Crippen LogP contribution in [0.25, 0.3) is 10.8 Å². The molecule has 3 aromatic rings. The van der Waals surface area contributed by atoms with Gasteiger partial charge in [-0.2, -0.15) is 0 Å². The Hall–Kier alpha value is -2.54. The fourth-order valence-electron chi connectivity index (χ4n) is 2.32. The van der Waals surface area contributed by atoms with Crippen molar-refractivity contribution < 1.29 is 18.3 Å². The van der Waals surface area contributed by atoms with Crippen LogP contribution in [0.2, 0.25) is 0 Å². The van der Waals surface area contributed by atoms with Crippen LogP contribution in [-0.2, 0) is 5.75 Å². The lowest BCUT2D eigenvalue weighted by Crippen LogP contribution is -1.95. The number of halogens is 3. The van der Waals surface area contributed by atoms with Crippen LogP contribution >= 0.6 is 11.8 Å². The van der Waals surface area contributed by atoms with Gasteiger partial charge in [-0.1, -0.05) is 6.07 Å². The fraction of sp³-hybridized carbons (Fsp3) is 0.0588. The van der Waals surface area contributed by atoms with Crippen molar-refractivity contribution in [1.29, 1.82) is 5.41 Å². The zero-order chi connectivity index (χ0) is 17.3. The van der Waals surface area contributed by atoms with Crippen LogP contribution in [-0.4, -0.2) is 16.3 Å². The van der Waals surface area contributed by atoms with Crippen molar-refractivity contribution in [2.45, 2.75) is 10.8 Å². The summed E-state index contributed by atoms with van der Waals surface area (Å²) >= 11 is 1.05. The summed E-state index contributed by atoms with van der Waals surface area (Å²) in [5.74, 6) is -1.92. The molecule has 122 valence electrons. The van der Waals surface area contributed by atoms with Gasteiger partial charge < -0.3 is 10.5 Å². The van der Waals surface area contributed by atoms with Gasteiger partial charge in [0.1, 0.15) is 22.5 Å². The second-order valence-electron chi connectivity index (χ2n) is 5.01. The van der Waals surface area contributed by atoms with Crippen molar-refractivity contribution >= 4 is 28.7 Å². The first-order valence-corrected chi connectivity index (χ1v) is 7.87. The molecule has 24 heavy (non-hydrogen) atoms. The lowest BCUT2D eigenvalue weighted by Gasteiger charge is -2.10. The molecule has 0 radical (unpaired) electrons. The average Bonchev–Trinajstić information content (AvgIpc) is 2.56. The summed E-state index contributed by atoms with van der Waals surface area (Å²) < 4.78 is 40.5. The highest BCUT2D eigenvalue weighted by atomic mass is 32.2. The molecule has 1 aromatic heterocycles. The summed E-state index contributed by atoms with van der Waals surface area (Å²) in [7, 11) is 0. The van der Waals surface area contributed by atoms with E-state index in [9.17, 15) is 18.3 Å². The van der Waals surface area contributed by atoms with Gasteiger partial charge in [-0.3, -0.25) is 0 Å². The number of aromatic hydroxyl groups is 1. The molecule has 0 aliphatic carbocycles. The first kappa shape index (κ1) is 16.3. The van der Waals surface area contributed by atoms with E-state index in [0.29, 0.717) is 10.8 Å². The van der Waals surface area contributed by atoms with E-state index in [4.69, 9.17) is 5.41 Å². The Labute approximate surface area is 139 Å². The molecule has 0 fully saturated rings. The smallest absolute Gasteiger partial charge is 0.221 e. The van der Waals surface area contributed by atoms with Crippen LogP contribution in [0.1, 0.15) is 11.1 Å². The number of rotatable bonds is 4. The second-order valence-corrected chi connectivity index (χ2v) is 5.98. The van der Waals surface area contributed by atoms with Crippen LogP contribution in [0.15, 0.2) is 41.4 Å². The minimum absolute atomic E-state index is 0.0611. The molecular weight excluding hydrogens is 337 g/mol. The molecule has 0 atom stereocenters. The van der Waals surface area contributed by atoms with Crippen LogP contribution in [0.3, 0.4) is 0 Å². The molecule has 3 rings (SSSR count). The molecule has 3 nitrogen and oxygen atoms in total. The third-order valence-electron chi connectivity index (χ3n) is 3.47. The van der Waals surface area contributed by atoms with Crippen LogP contribution in [0.4, 0.5) is 13.2 Å². The predicted octanol–water partition coefficient (Wildman–Crippen LogP) is 4.65. The average molecular weight is 348 g/mol. The van der Waals surface area contributed by atoms with Crippen molar-refractivity contribution in [2.75, 3.05) is 0 Å². The number of nitrogens with zero attached hydrogens (tertiary/aromatic N) is 1. The first-order chi connectivity index (χ1) is 11.5. The summed E-state index contributed by atoms with van der Waals surface area (Å²) in [6, 6.07) is 7.04. The van der Waals surface area contributed by atoms with E-state index < -0.39 is 17.5 Å². The normalized spacial score (nSPS) is 11.0. The summed E-state index contributed by atoms with van der Waals surface area (Å²) in [4.78, 5) is 3.96. The Morgan fingerprint density at radius 2 is 1.75 bits per heavy atom. The van der Waals surface area contributed by atoms with Gasteiger partial charge in [0.05, 0.1) is 5.56 Å². The van der Waals surface area contributed by atoms with Crippen molar-refractivity contribution in [1.82, 2.24) is 4.98 Å². The summed E-state index contributed by atoms with van der Waals surface area (Å²) in [5.41, 5.74) is 0.313. The molecule has 7 heteroatoms. The maximum Gasteiger partial charge on any atom is 0.221 e. The van der Waals surface area contributed by atoms with E-state index in [1.165, 1.54) is 18.2 Å². The number of hydrogen-bond acceptors (Lipinski definition) is 4. The van der Waals surface area contributed by atoms with Crippen molar-refractivity contribution in [3.8, 4) is 5.88 Å². The molecular formula is C17H11F3N2OS. The quantitative estimate of drug-likeness (QED) is 0.533. The number of thioether (sulfide) groups is 1. The van der Waals surface area contributed by atoms with Crippen LogP contribution < -0.4 is 0 Å². The zero-order valence-electron chi connectivity index (χ0n) is 12.2. The molecule has 0 aliphatic heterocycles. The van der Waals surface area contributed by atoms with Gasteiger partial charge >= 0.3 is 0 Å². The van der Waals surface area contributed by atoms with Gasteiger partial charge in [0, 0.05) is 22.9 Å². The Morgan fingerprint density at radius 3 is 2.50 bits per heavy atom. The summed E-state index contributed by atoms with van der Waals surface area (Å²) in [6.45, 7) is 0. The van der Waals surface area contributed by atoms with E-state index >= 15 is 0 Å². The highest BCUT2D eigenvalue weighted by Gasteiger charge is 2.14. The van der Waals surface area contributed by atoms with Gasteiger partial charge in [-0.15, -0.1) is 11.8 Å². The SMILES string of the molecule is N=Cc1c(O)nc(SCc2cc(F)ccc2F)c2cc(F)ccc12. The number of aromatic nitrogens is 1. The standard InChI is InChI=1S/C17H11F3N2OS/c18-10-2-4-15(20)9(5-10)8-24-17-13-6-11(19)1-3-12(13)14(7-21)16(23)22-17/h1-7,21H,8H2,(H,22,23). The predicted molar refractivity (Wildman–Crippen MR) is 87.2 cm³/mol. The molecule has 0 bridgehead atoms. The highest BCUT2D eigenvalue weighted by Crippen LogP contribution is 2.34.